The molecule has 5 nitrogen and oxygen atoms in total. The summed E-state index contributed by atoms with van der Waals surface area (Å²) in [4.78, 5) is 23.6. The van der Waals surface area contributed by atoms with Crippen molar-refractivity contribution >= 4 is 34.0 Å². The maximum Gasteiger partial charge on any atom is 0.262 e. The molecule has 26 heavy (non-hydrogen) atoms. The van der Waals surface area contributed by atoms with Crippen LogP contribution in [-0.4, -0.2) is 18.4 Å². The summed E-state index contributed by atoms with van der Waals surface area (Å²) in [5, 5.41) is 7.86. The Morgan fingerprint density at radius 1 is 1.00 bits per heavy atom. The third-order valence-corrected chi connectivity index (χ3v) is 4.38. The first kappa shape index (κ1) is 16.1. The Kier molecular flexibility index (Phi) is 4.27. The highest BCUT2D eigenvalue weighted by molar-refractivity contribution is 5.96. The average molecular weight is 346 g/mol. The lowest BCUT2D eigenvalue weighted by Crippen LogP contribution is -2.21. The molecule has 4 rings (SSSR count). The van der Waals surface area contributed by atoms with Gasteiger partial charge in [-0.1, -0.05) is 30.3 Å². The summed E-state index contributed by atoms with van der Waals surface area (Å²) in [5.41, 5.74) is 2.54. The summed E-state index contributed by atoms with van der Waals surface area (Å²) in [5.74, 6) is 0.461. The van der Waals surface area contributed by atoms with Crippen LogP contribution < -0.4 is 15.4 Å². The maximum atomic E-state index is 12.2. The molecule has 130 valence electrons. The van der Waals surface area contributed by atoms with Gasteiger partial charge >= 0.3 is 0 Å². The van der Waals surface area contributed by atoms with Gasteiger partial charge in [0.15, 0.2) is 6.61 Å². The maximum absolute atomic E-state index is 12.2. The van der Waals surface area contributed by atoms with Gasteiger partial charge in [-0.15, -0.1) is 0 Å². The molecule has 0 aromatic heterocycles. The lowest BCUT2D eigenvalue weighted by molar-refractivity contribution is -0.118. The van der Waals surface area contributed by atoms with E-state index in [9.17, 15) is 9.59 Å². The van der Waals surface area contributed by atoms with Crippen LogP contribution in [0.1, 0.15) is 12.0 Å². The summed E-state index contributed by atoms with van der Waals surface area (Å²) in [6.07, 6.45) is 1.15. The molecule has 2 N–H and O–H groups in total. The lowest BCUT2D eigenvalue weighted by Gasteiger charge is -2.17. The molecule has 0 unspecified atom stereocenters. The number of rotatable bonds is 4. The third-order valence-electron chi connectivity index (χ3n) is 4.38. The van der Waals surface area contributed by atoms with Crippen LogP contribution in [0, 0.1) is 0 Å². The summed E-state index contributed by atoms with van der Waals surface area (Å²) in [6, 6.07) is 19.2. The van der Waals surface area contributed by atoms with Gasteiger partial charge in [0.05, 0.1) is 0 Å². The van der Waals surface area contributed by atoms with Gasteiger partial charge in [-0.25, -0.2) is 0 Å². The molecule has 3 aromatic rings. The van der Waals surface area contributed by atoms with E-state index in [0.29, 0.717) is 24.3 Å². The molecule has 0 spiro atoms. The van der Waals surface area contributed by atoms with Crippen LogP contribution in [0.25, 0.3) is 10.8 Å². The van der Waals surface area contributed by atoms with Crippen LogP contribution in [0.3, 0.4) is 0 Å². The van der Waals surface area contributed by atoms with Crippen molar-refractivity contribution < 1.29 is 14.3 Å². The number of fused-ring (bicyclic) bond motifs is 2. The number of benzene rings is 3. The van der Waals surface area contributed by atoms with Crippen molar-refractivity contribution in [3.05, 3.63) is 66.2 Å². The number of carbonyl (C=O) groups excluding carboxylic acids is 2. The molecule has 2 amide bonds. The fourth-order valence-corrected chi connectivity index (χ4v) is 3.06. The Labute approximate surface area is 151 Å². The van der Waals surface area contributed by atoms with E-state index in [0.717, 1.165) is 22.0 Å². The zero-order chi connectivity index (χ0) is 17.9. The Morgan fingerprint density at radius 2 is 1.85 bits per heavy atom. The van der Waals surface area contributed by atoms with Gasteiger partial charge < -0.3 is 15.4 Å². The van der Waals surface area contributed by atoms with Crippen LogP contribution >= 0.6 is 0 Å². The zero-order valence-corrected chi connectivity index (χ0v) is 14.1. The quantitative estimate of drug-likeness (QED) is 0.756. The minimum atomic E-state index is -0.224. The highest BCUT2D eigenvalue weighted by atomic mass is 16.5. The first-order valence-electron chi connectivity index (χ1n) is 8.52. The van der Waals surface area contributed by atoms with Crippen molar-refractivity contribution in [1.29, 1.82) is 0 Å². The SMILES string of the molecule is O=C(COc1ccc2ccccc2c1)Nc1ccc2c(c1)CCC(=O)N2. The van der Waals surface area contributed by atoms with Crippen molar-refractivity contribution in [3.63, 3.8) is 0 Å². The van der Waals surface area contributed by atoms with E-state index in [-0.39, 0.29) is 18.4 Å². The molecule has 1 heterocycles. The van der Waals surface area contributed by atoms with Gasteiger partial charge in [-0.3, -0.25) is 9.59 Å². The largest absolute Gasteiger partial charge is 0.484 e. The fraction of sp³-hybridized carbons (Fsp3) is 0.143. The van der Waals surface area contributed by atoms with Gasteiger partial charge in [0.25, 0.3) is 5.91 Å². The van der Waals surface area contributed by atoms with Gasteiger partial charge in [0, 0.05) is 17.8 Å². The first-order chi connectivity index (χ1) is 12.7. The minimum Gasteiger partial charge on any atom is -0.484 e. The molecule has 3 aromatic carbocycles. The van der Waals surface area contributed by atoms with Crippen LogP contribution in [0.4, 0.5) is 11.4 Å². The summed E-state index contributed by atoms with van der Waals surface area (Å²) in [6.45, 7) is -0.0633. The highest BCUT2D eigenvalue weighted by Crippen LogP contribution is 2.26. The van der Waals surface area contributed by atoms with Crippen molar-refractivity contribution in [1.82, 2.24) is 0 Å². The second-order valence-corrected chi connectivity index (χ2v) is 6.27. The Hall–Kier alpha value is -3.34. The second kappa shape index (κ2) is 6.88. The smallest absolute Gasteiger partial charge is 0.262 e. The van der Waals surface area contributed by atoms with E-state index in [1.54, 1.807) is 6.07 Å². The lowest BCUT2D eigenvalue weighted by atomic mass is 10.0. The topological polar surface area (TPSA) is 67.4 Å². The van der Waals surface area contributed by atoms with Crippen LogP contribution in [-0.2, 0) is 16.0 Å². The number of nitrogens with one attached hydrogen (secondary N) is 2. The Morgan fingerprint density at radius 3 is 2.73 bits per heavy atom. The molecule has 0 radical (unpaired) electrons. The molecule has 0 aliphatic carbocycles. The molecule has 1 aliphatic heterocycles. The summed E-state index contributed by atoms with van der Waals surface area (Å²) < 4.78 is 5.61. The van der Waals surface area contributed by atoms with Crippen molar-refractivity contribution in [2.24, 2.45) is 0 Å². The predicted molar refractivity (Wildman–Crippen MR) is 101 cm³/mol. The average Bonchev–Trinajstić information content (AvgIpc) is 2.66. The number of aryl methyl sites for hydroxylation is 1. The Bertz CT molecular complexity index is 997. The Balaban J connectivity index is 1.38. The van der Waals surface area contributed by atoms with Gasteiger partial charge in [-0.2, -0.15) is 0 Å². The van der Waals surface area contributed by atoms with Crippen LogP contribution in [0.15, 0.2) is 60.7 Å². The monoisotopic (exact) mass is 346 g/mol. The van der Waals surface area contributed by atoms with Gasteiger partial charge in [0.2, 0.25) is 5.91 Å². The number of amides is 2. The van der Waals surface area contributed by atoms with Crippen LogP contribution in [0.2, 0.25) is 0 Å². The molecule has 0 saturated heterocycles. The van der Waals surface area contributed by atoms with Gasteiger partial charge in [-0.05, 0) is 53.1 Å². The van der Waals surface area contributed by atoms with E-state index in [1.165, 1.54) is 0 Å². The summed E-state index contributed by atoms with van der Waals surface area (Å²) >= 11 is 0. The number of anilines is 2. The molecule has 0 atom stereocenters. The zero-order valence-electron chi connectivity index (χ0n) is 14.1. The third kappa shape index (κ3) is 3.52. The second-order valence-electron chi connectivity index (χ2n) is 6.27. The van der Waals surface area contributed by atoms with E-state index < -0.39 is 0 Å². The normalized spacial score (nSPS) is 13.0. The van der Waals surface area contributed by atoms with E-state index in [2.05, 4.69) is 10.6 Å². The van der Waals surface area contributed by atoms with Crippen molar-refractivity contribution in [3.8, 4) is 5.75 Å². The van der Waals surface area contributed by atoms with E-state index >= 15 is 0 Å². The minimum absolute atomic E-state index is 0.0260. The molecule has 1 aliphatic rings. The van der Waals surface area contributed by atoms with E-state index in [4.69, 9.17) is 4.74 Å². The molecule has 0 bridgehead atoms. The number of carbonyl (C=O) groups is 2. The van der Waals surface area contributed by atoms with Crippen LogP contribution in [0.5, 0.6) is 5.75 Å². The molecule has 5 heteroatoms. The molecular formula is C21H18N2O3. The number of hydrogen-bond donors (Lipinski definition) is 2. The fourth-order valence-electron chi connectivity index (χ4n) is 3.06. The standard InChI is InChI=1S/C21H18N2O3/c24-20-10-6-16-11-17(7-9-19(16)23-20)22-21(25)13-26-18-8-5-14-3-1-2-4-15(14)12-18/h1-5,7-9,11-12H,6,10,13H2,(H,22,25)(H,23,24). The van der Waals surface area contributed by atoms with Gasteiger partial charge in [0.1, 0.15) is 5.75 Å². The number of hydrogen-bond acceptors (Lipinski definition) is 3. The predicted octanol–water partition coefficient (Wildman–Crippen LogP) is 3.74. The van der Waals surface area contributed by atoms with Crippen molar-refractivity contribution in [2.45, 2.75) is 12.8 Å². The van der Waals surface area contributed by atoms with Crippen molar-refractivity contribution in [2.75, 3.05) is 17.2 Å². The molecule has 0 saturated carbocycles. The summed E-state index contributed by atoms with van der Waals surface area (Å²) in [7, 11) is 0. The van der Waals surface area contributed by atoms with E-state index in [1.807, 2.05) is 54.6 Å². The molecular weight excluding hydrogens is 328 g/mol. The molecule has 0 fully saturated rings. The first-order valence-corrected chi connectivity index (χ1v) is 8.52. The number of ether oxygens (including phenoxy) is 1. The highest BCUT2D eigenvalue weighted by Gasteiger charge is 2.15.